The van der Waals surface area contributed by atoms with Crippen LogP contribution in [0.3, 0.4) is 0 Å². The fraction of sp³-hybridized carbons (Fsp3) is 0.353. The van der Waals surface area contributed by atoms with Gasteiger partial charge >= 0.3 is 11.9 Å². The Labute approximate surface area is 274 Å². The minimum Gasteiger partial charge on any atom is -0.481 e. The number of hydrogen-bond donors (Lipinski definition) is 6. The average Bonchev–Trinajstić information content (AvgIpc) is 3.59. The average molecular weight is 698 g/mol. The molecule has 3 aromatic rings. The maximum absolute atomic E-state index is 11.6. The first-order valence-corrected chi connectivity index (χ1v) is 14.7. The summed E-state index contributed by atoms with van der Waals surface area (Å²) < 4.78 is 0. The van der Waals surface area contributed by atoms with Gasteiger partial charge in [-0.1, -0.05) is 0 Å². The van der Waals surface area contributed by atoms with E-state index in [-0.39, 0.29) is 45.8 Å². The minimum atomic E-state index is -0.921. The van der Waals surface area contributed by atoms with Gasteiger partial charge in [-0.2, -0.15) is 0 Å². The number of aliphatic carboxylic acids is 2. The zero-order valence-corrected chi connectivity index (χ0v) is 28.0. The van der Waals surface area contributed by atoms with E-state index in [9.17, 15) is 30.0 Å². The molecule has 1 radical (unpaired) electrons. The molecule has 45 heavy (non-hydrogen) atoms. The molecule has 2 unspecified atom stereocenters. The molecule has 11 heteroatoms. The summed E-state index contributed by atoms with van der Waals surface area (Å²) in [7, 11) is 0. The number of hydrogen-bond acceptors (Lipinski definition) is 6. The van der Waals surface area contributed by atoms with Crippen LogP contribution in [0.4, 0.5) is 0 Å². The maximum atomic E-state index is 11.6. The first-order chi connectivity index (χ1) is 20.8. The van der Waals surface area contributed by atoms with Crippen molar-refractivity contribution in [1.29, 1.82) is 0 Å². The van der Waals surface area contributed by atoms with Crippen LogP contribution in [0.1, 0.15) is 111 Å². The third-order valence-corrected chi connectivity index (χ3v) is 8.65. The summed E-state index contributed by atoms with van der Waals surface area (Å²) in [5.74, 6) is -1.84. The van der Waals surface area contributed by atoms with Crippen LogP contribution in [0, 0.1) is 13.8 Å². The zero-order valence-electron chi connectivity index (χ0n) is 26.2. The Hall–Kier alpha value is -3.89. The summed E-state index contributed by atoms with van der Waals surface area (Å²) in [4.78, 5) is 39.8. The molecule has 2 aliphatic heterocycles. The number of aliphatic hydroxyl groups is 2. The fourth-order valence-corrected chi connectivity index (χ4v) is 6.32. The van der Waals surface area contributed by atoms with Gasteiger partial charge in [-0.3, -0.25) is 9.59 Å². The monoisotopic (exact) mass is 697 g/mol. The van der Waals surface area contributed by atoms with Gasteiger partial charge in [0, 0.05) is 66.1 Å². The molecule has 2 atom stereocenters. The van der Waals surface area contributed by atoms with Gasteiger partial charge in [0.05, 0.1) is 35.0 Å². The summed E-state index contributed by atoms with van der Waals surface area (Å²) in [6, 6.07) is 7.51. The van der Waals surface area contributed by atoms with Crippen LogP contribution < -0.4 is 0 Å². The van der Waals surface area contributed by atoms with Crippen molar-refractivity contribution >= 4 is 56.3 Å². The van der Waals surface area contributed by atoms with Crippen molar-refractivity contribution in [3.8, 4) is 0 Å². The summed E-state index contributed by atoms with van der Waals surface area (Å²) in [6.07, 6.45) is -1.18. The van der Waals surface area contributed by atoms with Crippen molar-refractivity contribution in [2.24, 2.45) is 0 Å². The maximum Gasteiger partial charge on any atom is 0.303 e. The number of fused-ring (bicyclic) bond motifs is 8. The number of carboxylic acid groups (broad SMARTS) is 2. The van der Waals surface area contributed by atoms with E-state index in [1.165, 1.54) is 0 Å². The van der Waals surface area contributed by atoms with Crippen molar-refractivity contribution < 1.29 is 50.1 Å². The fourth-order valence-electron chi connectivity index (χ4n) is 6.32. The molecule has 3 aromatic heterocycles. The summed E-state index contributed by atoms with van der Waals surface area (Å²) in [5.41, 5.74) is 11.7. The molecule has 0 amide bonds. The van der Waals surface area contributed by atoms with Crippen LogP contribution in [0.25, 0.3) is 44.4 Å². The van der Waals surface area contributed by atoms with Crippen molar-refractivity contribution in [2.45, 2.75) is 79.4 Å². The number of carboxylic acids is 2. The number of carbonyl (C=O) groups is 2. The van der Waals surface area contributed by atoms with Crippen LogP contribution in [-0.2, 0) is 29.7 Å². The molecule has 10 nitrogen and oxygen atoms in total. The molecule has 0 fully saturated rings. The van der Waals surface area contributed by atoms with Crippen LogP contribution in [-0.4, -0.2) is 52.3 Å². The molecule has 0 aromatic carbocycles. The largest absolute Gasteiger partial charge is 0.481 e. The molecular weight excluding hydrogens is 659 g/mol. The Morgan fingerprint density at radius 3 is 1.42 bits per heavy atom. The van der Waals surface area contributed by atoms with E-state index < -0.39 is 24.1 Å². The number of nitrogens with zero attached hydrogens (tertiary/aromatic N) is 2. The molecule has 2 aliphatic rings. The third kappa shape index (κ3) is 6.58. The quantitative estimate of drug-likeness (QED) is 0.152. The van der Waals surface area contributed by atoms with E-state index >= 15 is 0 Å². The molecule has 6 N–H and O–H groups in total. The minimum absolute atomic E-state index is 0. The normalized spacial score (nSPS) is 14.4. The number of aryl methyl sites for hydroxylation is 2. The molecule has 0 spiro atoms. The molecule has 0 saturated carbocycles. The smallest absolute Gasteiger partial charge is 0.303 e. The topological polar surface area (TPSA) is 172 Å². The predicted molar refractivity (Wildman–Crippen MR) is 170 cm³/mol. The second-order valence-electron chi connectivity index (χ2n) is 11.7. The first kappa shape index (κ1) is 34.0. The van der Waals surface area contributed by atoms with E-state index in [0.29, 0.717) is 39.4 Å². The molecule has 237 valence electrons. The Morgan fingerprint density at radius 1 is 0.644 bits per heavy atom. The number of H-pyrrole nitrogens is 2. The summed E-state index contributed by atoms with van der Waals surface area (Å²) in [6.45, 7) is 11.1. The number of allylic oxidation sites excluding steroid dienone is 4. The van der Waals surface area contributed by atoms with Crippen molar-refractivity contribution in [2.75, 3.05) is 0 Å². The van der Waals surface area contributed by atoms with Gasteiger partial charge in [-0.25, -0.2) is 9.97 Å². The molecule has 5 rings (SSSR count). The Kier molecular flexibility index (Phi) is 9.99. The number of aliphatic hydroxyl groups excluding tert-OH is 2. The molecule has 0 saturated heterocycles. The molecule has 5 heterocycles. The number of nitrogens with one attached hydrogen (secondary N) is 2. The van der Waals surface area contributed by atoms with Crippen LogP contribution in [0.15, 0.2) is 24.3 Å². The Balaban J connectivity index is 0.00000461. The standard InChI is InChI=1S/C34H38N4O6.Tc/c1-15-21(7-9-31(41)42)27-14-28-22(8-10-32(43)44)16(2)24(36-28)12-29-34(20(6)40)18(4)26(38-29)13-30-33(19(5)39)17(3)25(37-30)11-23(15)35-27;/h11-14,19-20,37-40H,7-10H2,1-6H3,(H,41,42)(H,43,44);/i;1+1. The van der Waals surface area contributed by atoms with Crippen LogP contribution >= 0.6 is 0 Å². The van der Waals surface area contributed by atoms with Crippen molar-refractivity contribution in [1.82, 2.24) is 19.9 Å². The van der Waals surface area contributed by atoms with Gasteiger partial charge in [-0.05, 0) is 112 Å². The van der Waals surface area contributed by atoms with E-state index in [0.717, 1.165) is 50.0 Å². The number of aromatic nitrogens is 4. The van der Waals surface area contributed by atoms with Gasteiger partial charge in [0.2, 0.25) is 0 Å². The second-order valence-corrected chi connectivity index (χ2v) is 11.7. The number of rotatable bonds is 8. The van der Waals surface area contributed by atoms with Gasteiger partial charge in [0.1, 0.15) is 0 Å². The van der Waals surface area contributed by atoms with E-state index in [2.05, 4.69) is 9.97 Å². The second kappa shape index (κ2) is 13.2. The Morgan fingerprint density at radius 2 is 1.02 bits per heavy atom. The summed E-state index contributed by atoms with van der Waals surface area (Å²) in [5, 5.41) is 40.5. The third-order valence-electron chi connectivity index (χ3n) is 8.65. The van der Waals surface area contributed by atoms with E-state index in [4.69, 9.17) is 9.97 Å². The van der Waals surface area contributed by atoms with Gasteiger partial charge in [-0.15, -0.1) is 0 Å². The van der Waals surface area contributed by atoms with Crippen LogP contribution in [0.5, 0.6) is 0 Å². The number of aromatic amines is 2. The zero-order chi connectivity index (χ0) is 32.0. The molecular formula is C34H38N4O6Tc. The van der Waals surface area contributed by atoms with E-state index in [1.807, 2.05) is 52.0 Å². The molecule has 0 aliphatic carbocycles. The van der Waals surface area contributed by atoms with Gasteiger partial charge in [0.15, 0.2) is 0 Å². The van der Waals surface area contributed by atoms with Crippen molar-refractivity contribution in [3.63, 3.8) is 0 Å². The Bertz CT molecular complexity index is 1930. The predicted octanol–water partition coefficient (Wildman–Crippen LogP) is 6.63. The summed E-state index contributed by atoms with van der Waals surface area (Å²) >= 11 is 0. The van der Waals surface area contributed by atoms with Crippen molar-refractivity contribution in [3.05, 3.63) is 69.3 Å². The van der Waals surface area contributed by atoms with Gasteiger partial charge < -0.3 is 30.4 Å². The van der Waals surface area contributed by atoms with Gasteiger partial charge in [0.25, 0.3) is 0 Å². The SMILES string of the molecule is CC1=C(CCC(=O)O)c2cc3nc(cc4[nH]c(cc5[nH]c(cc1n2)c(C)c5C(C)O)c(C)c4C(C)O)C(C)=C3CCC(=O)O.[99Tc]. The van der Waals surface area contributed by atoms with E-state index in [1.54, 1.807) is 13.8 Å². The van der Waals surface area contributed by atoms with Crippen LogP contribution in [0.2, 0.25) is 0 Å². The molecule has 8 bridgehead atoms. The first-order valence-electron chi connectivity index (χ1n) is 14.7.